The lowest BCUT2D eigenvalue weighted by Gasteiger charge is -2.36. The quantitative estimate of drug-likeness (QED) is 0.564. The zero-order chi connectivity index (χ0) is 12.3. The average molecular weight is 234 g/mol. The van der Waals surface area contributed by atoms with Crippen molar-refractivity contribution in [1.29, 1.82) is 0 Å². The van der Waals surface area contributed by atoms with Crippen LogP contribution in [0, 0.1) is 0 Å². The molecule has 1 heterocycles. The van der Waals surface area contributed by atoms with E-state index in [9.17, 15) is 19.8 Å². The molecule has 0 saturated carbocycles. The first-order chi connectivity index (χ1) is 7.39. The van der Waals surface area contributed by atoms with E-state index in [0.717, 1.165) is 7.11 Å². The third-order valence-corrected chi connectivity index (χ3v) is 2.22. The normalized spacial score (nSPS) is 34.2. The summed E-state index contributed by atoms with van der Waals surface area (Å²) in [6.07, 6.45) is -2.47. The van der Waals surface area contributed by atoms with E-state index in [4.69, 9.17) is 9.47 Å². The molecule has 1 saturated heterocycles. The van der Waals surface area contributed by atoms with Crippen LogP contribution in [0.1, 0.15) is 13.3 Å². The number of hydrogen-bond donors (Lipinski definition) is 2. The van der Waals surface area contributed by atoms with Crippen LogP contribution in [0.4, 0.5) is 0 Å². The summed E-state index contributed by atoms with van der Waals surface area (Å²) in [5.74, 6) is -3.74. The Kier molecular flexibility index (Phi) is 3.84. The van der Waals surface area contributed by atoms with Crippen molar-refractivity contribution in [2.45, 2.75) is 31.3 Å². The average Bonchev–Trinajstić information content (AvgIpc) is 2.21. The van der Waals surface area contributed by atoms with E-state index in [1.54, 1.807) is 0 Å². The smallest absolute Gasteiger partial charge is 0.366 e. The molecular weight excluding hydrogens is 220 g/mol. The molecule has 16 heavy (non-hydrogen) atoms. The predicted octanol–water partition coefficient (Wildman–Crippen LogP) is -1.44. The fourth-order valence-electron chi connectivity index (χ4n) is 1.43. The first-order valence-electron chi connectivity index (χ1n) is 4.69. The fraction of sp³-hybridized carbons (Fsp3) is 0.778. The van der Waals surface area contributed by atoms with Crippen molar-refractivity contribution in [3.05, 3.63) is 0 Å². The van der Waals surface area contributed by atoms with Gasteiger partial charge in [-0.3, -0.25) is 4.79 Å². The summed E-state index contributed by atoms with van der Waals surface area (Å²) in [5.41, 5.74) is 0. The van der Waals surface area contributed by atoms with Gasteiger partial charge in [-0.15, -0.1) is 0 Å². The van der Waals surface area contributed by atoms with E-state index < -0.39 is 36.4 Å². The second-order valence-electron chi connectivity index (χ2n) is 3.51. The standard InChI is InChI=1S/C9H14O7/c1-5(10)16-7-4-15-9(13,3-6(7)11)8(12)14-2/h6-7,11,13H,3-4H2,1-2H3/t6-,7-,9?/m0/s1. The van der Waals surface area contributed by atoms with E-state index in [0.29, 0.717) is 0 Å². The van der Waals surface area contributed by atoms with Gasteiger partial charge in [-0.05, 0) is 0 Å². The number of rotatable bonds is 2. The molecule has 0 amide bonds. The molecule has 1 fully saturated rings. The van der Waals surface area contributed by atoms with Crippen molar-refractivity contribution in [3.8, 4) is 0 Å². The van der Waals surface area contributed by atoms with E-state index >= 15 is 0 Å². The Morgan fingerprint density at radius 3 is 2.56 bits per heavy atom. The van der Waals surface area contributed by atoms with Crippen molar-refractivity contribution in [2.24, 2.45) is 0 Å². The highest BCUT2D eigenvalue weighted by Crippen LogP contribution is 2.25. The minimum atomic E-state index is -2.18. The highest BCUT2D eigenvalue weighted by molar-refractivity contribution is 5.77. The van der Waals surface area contributed by atoms with Gasteiger partial charge in [0.1, 0.15) is 0 Å². The van der Waals surface area contributed by atoms with E-state index in [2.05, 4.69) is 4.74 Å². The molecule has 0 aliphatic carbocycles. The maximum absolute atomic E-state index is 11.1. The molecule has 1 unspecified atom stereocenters. The third-order valence-electron chi connectivity index (χ3n) is 2.22. The van der Waals surface area contributed by atoms with Gasteiger partial charge in [-0.25, -0.2) is 4.79 Å². The van der Waals surface area contributed by atoms with E-state index in [-0.39, 0.29) is 6.61 Å². The molecule has 1 aliphatic heterocycles. The zero-order valence-electron chi connectivity index (χ0n) is 9.00. The number of carbonyl (C=O) groups excluding carboxylic acids is 2. The number of aliphatic hydroxyl groups is 2. The summed E-state index contributed by atoms with van der Waals surface area (Å²) in [5, 5.41) is 19.2. The molecule has 0 aromatic rings. The molecule has 2 N–H and O–H groups in total. The molecule has 1 rings (SSSR count). The molecule has 0 aromatic heterocycles. The van der Waals surface area contributed by atoms with Crippen LogP contribution in [0.15, 0.2) is 0 Å². The Labute approximate surface area is 91.9 Å². The van der Waals surface area contributed by atoms with Crippen molar-refractivity contribution < 1.29 is 34.0 Å². The van der Waals surface area contributed by atoms with Crippen LogP contribution in [-0.4, -0.2) is 53.9 Å². The molecule has 92 valence electrons. The van der Waals surface area contributed by atoms with Gasteiger partial charge >= 0.3 is 11.9 Å². The van der Waals surface area contributed by atoms with Gasteiger partial charge in [0, 0.05) is 13.3 Å². The highest BCUT2D eigenvalue weighted by atomic mass is 16.7. The van der Waals surface area contributed by atoms with Gasteiger partial charge in [-0.1, -0.05) is 0 Å². The summed E-state index contributed by atoms with van der Waals surface area (Å²) < 4.78 is 13.9. The maximum Gasteiger partial charge on any atom is 0.366 e. The van der Waals surface area contributed by atoms with Crippen LogP contribution in [0.5, 0.6) is 0 Å². The highest BCUT2D eigenvalue weighted by Gasteiger charge is 2.47. The van der Waals surface area contributed by atoms with Crippen molar-refractivity contribution >= 4 is 11.9 Å². The van der Waals surface area contributed by atoms with Crippen LogP contribution in [0.3, 0.4) is 0 Å². The Hall–Kier alpha value is -1.18. The van der Waals surface area contributed by atoms with Crippen LogP contribution >= 0.6 is 0 Å². The van der Waals surface area contributed by atoms with Gasteiger partial charge in [0.25, 0.3) is 5.79 Å². The molecule has 0 spiro atoms. The Balaban J connectivity index is 2.63. The molecule has 1 aliphatic rings. The van der Waals surface area contributed by atoms with Gasteiger partial charge in [0.2, 0.25) is 0 Å². The second-order valence-corrected chi connectivity index (χ2v) is 3.51. The SMILES string of the molecule is COC(=O)C1(O)C[C@H](O)[C@@H](OC(C)=O)CO1. The van der Waals surface area contributed by atoms with Crippen molar-refractivity contribution in [3.63, 3.8) is 0 Å². The third kappa shape index (κ3) is 2.69. The van der Waals surface area contributed by atoms with Crippen molar-refractivity contribution in [2.75, 3.05) is 13.7 Å². The first kappa shape index (κ1) is 12.9. The predicted molar refractivity (Wildman–Crippen MR) is 49.1 cm³/mol. The van der Waals surface area contributed by atoms with Gasteiger partial charge in [-0.2, -0.15) is 0 Å². The molecule has 3 atom stereocenters. The zero-order valence-corrected chi connectivity index (χ0v) is 9.00. The van der Waals surface area contributed by atoms with E-state index in [1.807, 2.05) is 0 Å². The maximum atomic E-state index is 11.1. The molecule has 7 heteroatoms. The molecular formula is C9H14O7. The monoisotopic (exact) mass is 234 g/mol. The Morgan fingerprint density at radius 1 is 1.50 bits per heavy atom. The first-order valence-corrected chi connectivity index (χ1v) is 4.69. The van der Waals surface area contributed by atoms with Crippen LogP contribution in [-0.2, 0) is 23.8 Å². The summed E-state index contributed by atoms with van der Waals surface area (Å²) >= 11 is 0. The number of hydrogen-bond acceptors (Lipinski definition) is 7. The van der Waals surface area contributed by atoms with Crippen LogP contribution in [0.25, 0.3) is 0 Å². The topological polar surface area (TPSA) is 102 Å². The lowest BCUT2D eigenvalue weighted by molar-refractivity contribution is -0.271. The summed E-state index contributed by atoms with van der Waals surface area (Å²) in [6, 6.07) is 0. The molecule has 0 aromatic carbocycles. The number of ether oxygens (including phenoxy) is 3. The van der Waals surface area contributed by atoms with Gasteiger partial charge in [0.05, 0.1) is 19.8 Å². The summed E-state index contributed by atoms with van der Waals surface area (Å²) in [7, 11) is 1.09. The van der Waals surface area contributed by atoms with Gasteiger partial charge in [0.15, 0.2) is 6.10 Å². The lowest BCUT2D eigenvalue weighted by atomic mass is 10.0. The Bertz CT molecular complexity index is 290. The summed E-state index contributed by atoms with van der Waals surface area (Å²) in [4.78, 5) is 21.8. The minimum Gasteiger partial charge on any atom is -0.465 e. The summed E-state index contributed by atoms with van der Waals surface area (Å²) in [6.45, 7) is 0.917. The number of carbonyl (C=O) groups is 2. The molecule has 0 radical (unpaired) electrons. The number of aliphatic hydroxyl groups excluding tert-OH is 1. The van der Waals surface area contributed by atoms with Crippen LogP contribution < -0.4 is 0 Å². The largest absolute Gasteiger partial charge is 0.465 e. The Morgan fingerprint density at radius 2 is 2.12 bits per heavy atom. The van der Waals surface area contributed by atoms with E-state index in [1.165, 1.54) is 6.92 Å². The molecule has 0 bridgehead atoms. The lowest BCUT2D eigenvalue weighted by Crippen LogP contribution is -2.55. The van der Waals surface area contributed by atoms with Crippen LogP contribution in [0.2, 0.25) is 0 Å². The number of methoxy groups -OCH3 is 1. The van der Waals surface area contributed by atoms with Crippen molar-refractivity contribution in [1.82, 2.24) is 0 Å². The fourth-order valence-corrected chi connectivity index (χ4v) is 1.43. The number of esters is 2. The van der Waals surface area contributed by atoms with Gasteiger partial charge < -0.3 is 24.4 Å². The molecule has 7 nitrogen and oxygen atoms in total. The minimum absolute atomic E-state index is 0.271. The second kappa shape index (κ2) is 4.77.